The largest absolute Gasteiger partial charge is 0.497 e. The van der Waals surface area contributed by atoms with Gasteiger partial charge in [-0.2, -0.15) is 0 Å². The van der Waals surface area contributed by atoms with E-state index in [1.165, 1.54) is 11.6 Å². The molecule has 1 aromatic heterocycles. The summed E-state index contributed by atoms with van der Waals surface area (Å²) in [7, 11) is 1.68. The number of methoxy groups -OCH3 is 1. The van der Waals surface area contributed by atoms with E-state index in [-0.39, 0.29) is 29.0 Å². The van der Waals surface area contributed by atoms with Crippen molar-refractivity contribution in [2.45, 2.75) is 37.1 Å². The molecular weight excluding hydrogens is 439 g/mol. The zero-order valence-corrected chi connectivity index (χ0v) is 19.8. The number of hydrogen-bond acceptors (Lipinski definition) is 3. The van der Waals surface area contributed by atoms with E-state index in [4.69, 9.17) is 4.74 Å². The Hall–Kier alpha value is -3.44. The molecule has 0 radical (unpaired) electrons. The monoisotopic (exact) mass is 468 g/mol. The van der Waals surface area contributed by atoms with Crippen molar-refractivity contribution in [3.05, 3.63) is 101 Å². The van der Waals surface area contributed by atoms with Crippen molar-refractivity contribution in [1.29, 1.82) is 0 Å². The first-order chi connectivity index (χ1) is 17.1. The molecule has 5 heteroatoms. The van der Waals surface area contributed by atoms with Crippen molar-refractivity contribution in [3.63, 3.8) is 0 Å². The lowest BCUT2D eigenvalue weighted by Gasteiger charge is -2.51. The number of H-pyrrole nitrogens is 1. The van der Waals surface area contributed by atoms with Crippen molar-refractivity contribution in [3.8, 4) is 5.75 Å². The maximum Gasteiger partial charge on any atom is 0.154 e. The second-order valence-corrected chi connectivity index (χ2v) is 9.93. The number of ketones is 1. The number of aromatic nitrogens is 1. The highest BCUT2D eigenvalue weighted by molar-refractivity contribution is 5.88. The number of nitrogens with one attached hydrogen (secondary N) is 2. The van der Waals surface area contributed by atoms with Crippen molar-refractivity contribution in [2.75, 3.05) is 13.7 Å². The van der Waals surface area contributed by atoms with Crippen LogP contribution < -0.4 is 10.1 Å². The van der Waals surface area contributed by atoms with Crippen LogP contribution in [0.4, 0.5) is 4.39 Å². The summed E-state index contributed by atoms with van der Waals surface area (Å²) in [5.41, 5.74) is 4.76. The minimum absolute atomic E-state index is 0.0503. The second kappa shape index (κ2) is 8.65. The first kappa shape index (κ1) is 22.1. The number of Topliss-reactive ketones (excluding diaryl/α,β-unsaturated/α-hetero) is 1. The van der Waals surface area contributed by atoms with Gasteiger partial charge in [0.1, 0.15) is 11.6 Å². The summed E-state index contributed by atoms with van der Waals surface area (Å²) in [6.07, 6.45) is 2.76. The van der Waals surface area contributed by atoms with Crippen LogP contribution in [-0.2, 0) is 29.5 Å². The normalized spacial score (nSPS) is 23.5. The fourth-order valence-corrected chi connectivity index (χ4v) is 6.48. The number of halogens is 1. The predicted octanol–water partition coefficient (Wildman–Crippen LogP) is 5.14. The van der Waals surface area contributed by atoms with Gasteiger partial charge < -0.3 is 15.0 Å². The van der Waals surface area contributed by atoms with Gasteiger partial charge in [-0.3, -0.25) is 4.79 Å². The Morgan fingerprint density at radius 2 is 1.91 bits per heavy atom. The molecule has 0 saturated carbocycles. The molecule has 1 saturated heterocycles. The molecule has 0 spiro atoms. The third kappa shape index (κ3) is 3.66. The maximum atomic E-state index is 14.7. The number of fused-ring (bicyclic) bond motifs is 4. The molecule has 4 aromatic rings. The average Bonchev–Trinajstić information content (AvgIpc) is 3.26. The van der Waals surface area contributed by atoms with Gasteiger partial charge in [-0.15, -0.1) is 0 Å². The van der Waals surface area contributed by atoms with Crippen LogP contribution >= 0.6 is 0 Å². The molecule has 35 heavy (non-hydrogen) atoms. The van der Waals surface area contributed by atoms with Gasteiger partial charge >= 0.3 is 0 Å². The van der Waals surface area contributed by atoms with Gasteiger partial charge in [0.2, 0.25) is 0 Å². The summed E-state index contributed by atoms with van der Waals surface area (Å²) in [6, 6.07) is 23.2. The van der Waals surface area contributed by atoms with E-state index in [1.807, 2.05) is 48.5 Å². The highest BCUT2D eigenvalue weighted by Gasteiger charge is 2.52. The zero-order valence-electron chi connectivity index (χ0n) is 19.8. The van der Waals surface area contributed by atoms with Gasteiger partial charge in [-0.05, 0) is 66.6 Å². The van der Waals surface area contributed by atoms with Crippen molar-refractivity contribution >= 4 is 16.7 Å². The molecule has 2 unspecified atom stereocenters. The van der Waals surface area contributed by atoms with Crippen LogP contribution in [0.5, 0.6) is 5.75 Å². The van der Waals surface area contributed by atoms with Gasteiger partial charge in [0, 0.05) is 22.9 Å². The Bertz CT molecular complexity index is 1400. The number of para-hydroxylation sites is 1. The second-order valence-electron chi connectivity index (χ2n) is 9.93. The van der Waals surface area contributed by atoms with Crippen molar-refractivity contribution in [1.82, 2.24) is 10.3 Å². The quantitative estimate of drug-likeness (QED) is 0.426. The molecule has 0 bridgehead atoms. The summed E-state index contributed by atoms with van der Waals surface area (Å²) >= 11 is 0. The lowest BCUT2D eigenvalue weighted by molar-refractivity contribution is -0.123. The smallest absolute Gasteiger partial charge is 0.154 e. The third-order valence-electron chi connectivity index (χ3n) is 8.16. The van der Waals surface area contributed by atoms with Crippen LogP contribution in [0, 0.1) is 11.7 Å². The number of ether oxygens (including phenoxy) is 1. The van der Waals surface area contributed by atoms with Crippen LogP contribution in [0.2, 0.25) is 0 Å². The zero-order chi connectivity index (χ0) is 24.0. The highest BCUT2D eigenvalue weighted by atomic mass is 19.1. The SMILES string of the molecule is COc1cccc([C@]23CCNC(C(=O)Cc4ccccc4)C2Cc2c([nH]c4c(F)cccc24)C3)c1. The molecular formula is C30H29FN2O2. The Balaban J connectivity index is 1.47. The maximum absolute atomic E-state index is 14.7. The Kier molecular flexibility index (Phi) is 5.45. The molecule has 0 amide bonds. The molecule has 3 atom stereocenters. The molecule has 1 fully saturated rings. The molecule has 178 valence electrons. The number of aromatic amines is 1. The van der Waals surface area contributed by atoms with Crippen LogP contribution in [0.15, 0.2) is 72.8 Å². The van der Waals surface area contributed by atoms with E-state index in [1.54, 1.807) is 13.2 Å². The van der Waals surface area contributed by atoms with E-state index >= 15 is 0 Å². The molecule has 2 heterocycles. The summed E-state index contributed by atoms with van der Waals surface area (Å²) < 4.78 is 20.3. The predicted molar refractivity (Wildman–Crippen MR) is 135 cm³/mol. The fourth-order valence-electron chi connectivity index (χ4n) is 6.48. The topological polar surface area (TPSA) is 54.1 Å². The minimum Gasteiger partial charge on any atom is -0.497 e. The van der Waals surface area contributed by atoms with Gasteiger partial charge in [-0.25, -0.2) is 4.39 Å². The molecule has 6 rings (SSSR count). The summed E-state index contributed by atoms with van der Waals surface area (Å²) in [4.78, 5) is 17.1. The number of piperidine rings is 1. The minimum atomic E-state index is -0.276. The first-order valence-electron chi connectivity index (χ1n) is 12.3. The van der Waals surface area contributed by atoms with Crippen molar-refractivity contribution < 1.29 is 13.9 Å². The van der Waals surface area contributed by atoms with Crippen LogP contribution in [0.25, 0.3) is 10.9 Å². The highest BCUT2D eigenvalue weighted by Crippen LogP contribution is 2.50. The van der Waals surface area contributed by atoms with E-state index < -0.39 is 0 Å². The molecule has 2 N–H and O–H groups in total. The van der Waals surface area contributed by atoms with E-state index in [0.29, 0.717) is 18.4 Å². The average molecular weight is 469 g/mol. The van der Waals surface area contributed by atoms with Gasteiger partial charge in [0.05, 0.1) is 18.7 Å². The van der Waals surface area contributed by atoms with Gasteiger partial charge in [0.15, 0.2) is 5.78 Å². The number of benzene rings is 3. The number of hydrogen-bond donors (Lipinski definition) is 2. The van der Waals surface area contributed by atoms with E-state index in [2.05, 4.69) is 22.4 Å². The summed E-state index contributed by atoms with van der Waals surface area (Å²) in [5, 5.41) is 4.51. The Morgan fingerprint density at radius 1 is 1.09 bits per heavy atom. The van der Waals surface area contributed by atoms with Crippen LogP contribution in [-0.4, -0.2) is 30.5 Å². The first-order valence-corrected chi connectivity index (χ1v) is 12.3. The van der Waals surface area contributed by atoms with E-state index in [0.717, 1.165) is 47.3 Å². The third-order valence-corrected chi connectivity index (χ3v) is 8.16. The van der Waals surface area contributed by atoms with Crippen molar-refractivity contribution in [2.24, 2.45) is 5.92 Å². The Morgan fingerprint density at radius 3 is 2.74 bits per heavy atom. The molecule has 1 aliphatic heterocycles. The fraction of sp³-hybridized carbons (Fsp3) is 0.300. The number of carbonyl (C=O) groups excluding carboxylic acids is 1. The standard InChI is InChI=1S/C30H29FN2O2/c1-35-21-10-5-9-20(16-21)30-13-14-32-29(27(34)15-19-7-3-2-4-8-19)24(30)17-23-22-11-6-12-25(31)28(22)33-26(23)18-30/h2-12,16,24,29,32-33H,13-15,17-18H2,1H3/t24?,29?,30-/m1/s1. The van der Waals surface area contributed by atoms with Gasteiger partial charge in [0.25, 0.3) is 0 Å². The molecule has 2 aliphatic rings. The number of carbonyl (C=O) groups is 1. The molecule has 1 aliphatic carbocycles. The lowest BCUT2D eigenvalue weighted by Crippen LogP contribution is -2.60. The van der Waals surface area contributed by atoms with Crippen LogP contribution in [0.3, 0.4) is 0 Å². The van der Waals surface area contributed by atoms with E-state index in [9.17, 15) is 9.18 Å². The lowest BCUT2D eigenvalue weighted by atomic mass is 9.56. The molecule has 4 nitrogen and oxygen atoms in total. The Labute approximate surface area is 204 Å². The van der Waals surface area contributed by atoms with Crippen LogP contribution in [0.1, 0.15) is 28.8 Å². The summed E-state index contributed by atoms with van der Waals surface area (Å²) in [6.45, 7) is 0.753. The number of rotatable bonds is 5. The summed E-state index contributed by atoms with van der Waals surface area (Å²) in [5.74, 6) is 0.844. The molecule has 3 aromatic carbocycles. The van der Waals surface area contributed by atoms with Gasteiger partial charge in [-0.1, -0.05) is 54.6 Å².